The Morgan fingerprint density at radius 2 is 2.12 bits per heavy atom. The van der Waals surface area contributed by atoms with Crippen LogP contribution in [0, 0.1) is 0 Å². The van der Waals surface area contributed by atoms with Crippen LogP contribution in [0.4, 0.5) is 0 Å². The molecule has 16 heavy (non-hydrogen) atoms. The van der Waals surface area contributed by atoms with Crippen molar-refractivity contribution in [1.82, 2.24) is 5.01 Å². The fourth-order valence-corrected chi connectivity index (χ4v) is 1.90. The van der Waals surface area contributed by atoms with Crippen LogP contribution >= 0.6 is 0 Å². The van der Waals surface area contributed by atoms with Crippen LogP contribution in [0.25, 0.3) is 0 Å². The Balaban J connectivity index is 1.87. The summed E-state index contributed by atoms with van der Waals surface area (Å²) in [5, 5.41) is 6.81. The van der Waals surface area contributed by atoms with E-state index in [1.165, 1.54) is 24.1 Å². The van der Waals surface area contributed by atoms with Gasteiger partial charge in [0, 0.05) is 5.71 Å². The molecule has 1 heterocycles. The summed E-state index contributed by atoms with van der Waals surface area (Å²) in [5.74, 6) is 0. The molecule has 0 N–H and O–H groups in total. The third-order valence-electron chi connectivity index (χ3n) is 2.96. The van der Waals surface area contributed by atoms with E-state index < -0.39 is 0 Å². The molecule has 0 radical (unpaired) electrons. The summed E-state index contributed by atoms with van der Waals surface area (Å²) in [4.78, 5) is 0. The lowest BCUT2D eigenvalue weighted by Gasteiger charge is -2.02. The van der Waals surface area contributed by atoms with E-state index in [1.807, 2.05) is 0 Å². The molecule has 1 aromatic carbocycles. The Hall–Kier alpha value is -1.31. The first kappa shape index (κ1) is 11.2. The SMILES string of the molecule is CCCC/C(C)=N/N1C[C@H]1c1ccccc1. The highest BCUT2D eigenvalue weighted by atomic mass is 15.6. The summed E-state index contributed by atoms with van der Waals surface area (Å²) in [6.07, 6.45) is 3.63. The van der Waals surface area contributed by atoms with Gasteiger partial charge in [0.05, 0.1) is 12.6 Å². The van der Waals surface area contributed by atoms with Crippen molar-refractivity contribution in [2.75, 3.05) is 6.54 Å². The van der Waals surface area contributed by atoms with Crippen molar-refractivity contribution < 1.29 is 0 Å². The van der Waals surface area contributed by atoms with Gasteiger partial charge in [-0.25, -0.2) is 0 Å². The minimum absolute atomic E-state index is 0.526. The van der Waals surface area contributed by atoms with Gasteiger partial charge < -0.3 is 0 Å². The average molecular weight is 216 g/mol. The molecule has 0 aliphatic carbocycles. The maximum absolute atomic E-state index is 4.63. The average Bonchev–Trinajstić information content (AvgIpc) is 3.07. The molecule has 0 spiro atoms. The zero-order valence-corrected chi connectivity index (χ0v) is 10.2. The van der Waals surface area contributed by atoms with E-state index in [1.54, 1.807) is 0 Å². The molecular formula is C14H20N2. The second-order valence-electron chi connectivity index (χ2n) is 4.49. The summed E-state index contributed by atoms with van der Waals surface area (Å²) < 4.78 is 0. The molecule has 0 bridgehead atoms. The quantitative estimate of drug-likeness (QED) is 0.542. The molecule has 86 valence electrons. The number of hydrazone groups is 1. The second kappa shape index (κ2) is 5.15. The second-order valence-corrected chi connectivity index (χ2v) is 4.49. The monoisotopic (exact) mass is 216 g/mol. The molecule has 0 aromatic heterocycles. The first-order chi connectivity index (χ1) is 7.81. The number of nitrogens with zero attached hydrogens (tertiary/aromatic N) is 2. The molecule has 1 aliphatic heterocycles. The molecule has 0 unspecified atom stereocenters. The smallest absolute Gasteiger partial charge is 0.0912 e. The minimum atomic E-state index is 0.526. The zero-order valence-electron chi connectivity index (χ0n) is 10.2. The van der Waals surface area contributed by atoms with Crippen molar-refractivity contribution in [2.45, 2.75) is 39.2 Å². The topological polar surface area (TPSA) is 15.4 Å². The Labute approximate surface area is 98.0 Å². The fraction of sp³-hybridized carbons (Fsp3) is 0.500. The molecule has 1 fully saturated rings. The Morgan fingerprint density at radius 3 is 2.81 bits per heavy atom. The maximum Gasteiger partial charge on any atom is 0.0912 e. The van der Waals surface area contributed by atoms with E-state index in [-0.39, 0.29) is 0 Å². The summed E-state index contributed by atoms with van der Waals surface area (Å²) in [7, 11) is 0. The highest BCUT2D eigenvalue weighted by Gasteiger charge is 2.34. The molecule has 2 rings (SSSR count). The summed E-state index contributed by atoms with van der Waals surface area (Å²) in [6.45, 7) is 5.43. The lowest BCUT2D eigenvalue weighted by molar-refractivity contribution is 0.549. The van der Waals surface area contributed by atoms with Crippen molar-refractivity contribution >= 4 is 5.71 Å². The standard InChI is InChI=1S/C14H20N2/c1-3-4-8-12(2)15-16-11-14(16)13-9-6-5-7-10-13/h5-7,9-10,14H,3-4,8,11H2,1-2H3/b15-12+/t14-,16?/m0/s1. The maximum atomic E-state index is 4.63. The van der Waals surface area contributed by atoms with Crippen LogP contribution in [-0.4, -0.2) is 17.3 Å². The largest absolute Gasteiger partial charge is 0.285 e. The molecule has 1 saturated heterocycles. The number of benzene rings is 1. The van der Waals surface area contributed by atoms with Crippen molar-refractivity contribution in [1.29, 1.82) is 0 Å². The highest BCUT2D eigenvalue weighted by molar-refractivity contribution is 5.81. The Bertz CT molecular complexity index is 356. The zero-order chi connectivity index (χ0) is 11.4. The molecule has 2 heteroatoms. The van der Waals surface area contributed by atoms with Crippen LogP contribution in [0.2, 0.25) is 0 Å². The number of unbranched alkanes of at least 4 members (excludes halogenated alkanes) is 1. The number of hydrogen-bond donors (Lipinski definition) is 0. The van der Waals surface area contributed by atoms with Crippen LogP contribution in [0.3, 0.4) is 0 Å². The number of hydrogen-bond acceptors (Lipinski definition) is 2. The van der Waals surface area contributed by atoms with E-state index in [2.05, 4.69) is 54.3 Å². The third kappa shape index (κ3) is 2.84. The van der Waals surface area contributed by atoms with E-state index in [0.29, 0.717) is 6.04 Å². The van der Waals surface area contributed by atoms with E-state index in [0.717, 1.165) is 13.0 Å². The van der Waals surface area contributed by atoms with Crippen LogP contribution in [0.5, 0.6) is 0 Å². The van der Waals surface area contributed by atoms with Gasteiger partial charge in [0.1, 0.15) is 0 Å². The van der Waals surface area contributed by atoms with Gasteiger partial charge in [-0.15, -0.1) is 0 Å². The van der Waals surface area contributed by atoms with Gasteiger partial charge in [0.2, 0.25) is 0 Å². The fourth-order valence-electron chi connectivity index (χ4n) is 1.90. The van der Waals surface area contributed by atoms with Crippen LogP contribution < -0.4 is 0 Å². The lowest BCUT2D eigenvalue weighted by Crippen LogP contribution is -1.97. The molecule has 1 aliphatic rings. The molecule has 1 atom stereocenters. The third-order valence-corrected chi connectivity index (χ3v) is 2.96. The van der Waals surface area contributed by atoms with Crippen LogP contribution in [0.1, 0.15) is 44.7 Å². The van der Waals surface area contributed by atoms with Gasteiger partial charge >= 0.3 is 0 Å². The van der Waals surface area contributed by atoms with Crippen LogP contribution in [-0.2, 0) is 0 Å². The normalized spacial score (nSPS) is 20.0. The van der Waals surface area contributed by atoms with Gasteiger partial charge in [-0.3, -0.25) is 5.01 Å². The van der Waals surface area contributed by atoms with Gasteiger partial charge in [-0.1, -0.05) is 43.7 Å². The Morgan fingerprint density at radius 1 is 1.38 bits per heavy atom. The Kier molecular flexibility index (Phi) is 3.60. The van der Waals surface area contributed by atoms with Gasteiger partial charge in [-0.05, 0) is 25.3 Å². The van der Waals surface area contributed by atoms with Crippen molar-refractivity contribution in [3.05, 3.63) is 35.9 Å². The molecular weight excluding hydrogens is 196 g/mol. The van der Waals surface area contributed by atoms with Crippen molar-refractivity contribution in [3.8, 4) is 0 Å². The molecule has 0 saturated carbocycles. The van der Waals surface area contributed by atoms with E-state index in [9.17, 15) is 0 Å². The highest BCUT2D eigenvalue weighted by Crippen LogP contribution is 2.34. The van der Waals surface area contributed by atoms with E-state index >= 15 is 0 Å². The summed E-state index contributed by atoms with van der Waals surface area (Å²) in [6, 6.07) is 11.1. The van der Waals surface area contributed by atoms with Gasteiger partial charge in [-0.2, -0.15) is 5.10 Å². The van der Waals surface area contributed by atoms with Crippen molar-refractivity contribution in [3.63, 3.8) is 0 Å². The van der Waals surface area contributed by atoms with Crippen LogP contribution in [0.15, 0.2) is 35.4 Å². The van der Waals surface area contributed by atoms with Crippen molar-refractivity contribution in [2.24, 2.45) is 5.10 Å². The first-order valence-electron chi connectivity index (χ1n) is 6.17. The molecule has 2 nitrogen and oxygen atoms in total. The molecule has 1 aromatic rings. The van der Waals surface area contributed by atoms with Gasteiger partial charge in [0.25, 0.3) is 0 Å². The first-order valence-corrected chi connectivity index (χ1v) is 6.17. The number of rotatable bonds is 5. The molecule has 0 amide bonds. The predicted molar refractivity (Wildman–Crippen MR) is 68.5 cm³/mol. The minimum Gasteiger partial charge on any atom is -0.285 e. The van der Waals surface area contributed by atoms with Gasteiger partial charge in [0.15, 0.2) is 0 Å². The van der Waals surface area contributed by atoms with E-state index in [4.69, 9.17) is 0 Å². The summed E-state index contributed by atoms with van der Waals surface area (Å²) in [5.41, 5.74) is 2.65. The predicted octanol–water partition coefficient (Wildman–Crippen LogP) is 3.61. The lowest BCUT2D eigenvalue weighted by atomic mass is 10.2. The summed E-state index contributed by atoms with van der Waals surface area (Å²) >= 11 is 0.